The van der Waals surface area contributed by atoms with Crippen molar-refractivity contribution in [3.63, 3.8) is 0 Å². The average molecular weight is 426 g/mol. The number of hydrogen-bond acceptors (Lipinski definition) is 7. The van der Waals surface area contributed by atoms with Gasteiger partial charge in [-0.3, -0.25) is 4.79 Å². The molecule has 3 rings (SSSR count). The van der Waals surface area contributed by atoms with Gasteiger partial charge in [0.15, 0.2) is 0 Å². The van der Waals surface area contributed by atoms with E-state index < -0.39 is 16.1 Å². The van der Waals surface area contributed by atoms with Crippen molar-refractivity contribution in [3.05, 3.63) is 18.2 Å². The van der Waals surface area contributed by atoms with Crippen LogP contribution in [0.2, 0.25) is 0 Å². The van der Waals surface area contributed by atoms with Crippen molar-refractivity contribution in [2.45, 2.75) is 36.7 Å². The summed E-state index contributed by atoms with van der Waals surface area (Å²) in [5, 5.41) is 10.9. The molecule has 1 aromatic carbocycles. The Morgan fingerprint density at radius 3 is 2.79 bits per heavy atom. The second-order valence-electron chi connectivity index (χ2n) is 6.87. The lowest BCUT2D eigenvalue weighted by molar-refractivity contribution is -0.125. The summed E-state index contributed by atoms with van der Waals surface area (Å²) in [5.41, 5.74) is 1.22. The summed E-state index contributed by atoms with van der Waals surface area (Å²) < 4.78 is 39.6. The van der Waals surface area contributed by atoms with E-state index in [1.54, 1.807) is 31.0 Å². The molecule has 0 aliphatic carbocycles. The molecule has 1 aliphatic heterocycles. The lowest BCUT2D eigenvalue weighted by atomic mass is 10.0. The molecule has 0 bridgehead atoms. The summed E-state index contributed by atoms with van der Waals surface area (Å²) >= 11 is 0. The zero-order valence-electron chi connectivity index (χ0n) is 16.7. The molecule has 0 spiro atoms. The molecule has 1 atom stereocenters. The molecule has 1 fully saturated rings. The van der Waals surface area contributed by atoms with E-state index in [2.05, 4.69) is 15.6 Å². The summed E-state index contributed by atoms with van der Waals surface area (Å²) in [6.45, 7) is 2.03. The summed E-state index contributed by atoms with van der Waals surface area (Å²) in [6, 6.07) is 4.02. The Labute approximate surface area is 170 Å². The molecule has 0 unspecified atom stereocenters. The van der Waals surface area contributed by atoms with Crippen LogP contribution in [0, 0.1) is 0 Å². The van der Waals surface area contributed by atoms with Gasteiger partial charge in [0.05, 0.1) is 30.2 Å². The van der Waals surface area contributed by atoms with Gasteiger partial charge in [0.2, 0.25) is 15.9 Å². The number of piperidine rings is 1. The molecule has 2 heterocycles. The van der Waals surface area contributed by atoms with Crippen molar-refractivity contribution in [2.24, 2.45) is 0 Å². The van der Waals surface area contributed by atoms with E-state index in [1.807, 2.05) is 0 Å². The monoisotopic (exact) mass is 425 g/mol. The Hall–Kier alpha value is -2.08. The van der Waals surface area contributed by atoms with E-state index in [4.69, 9.17) is 9.47 Å². The summed E-state index contributed by atoms with van der Waals surface area (Å²) in [7, 11) is -0.698. The van der Waals surface area contributed by atoms with Gasteiger partial charge in [-0.05, 0) is 31.0 Å². The molecular formula is C18H27N5O5S. The number of fused-ring (bicyclic) bond motifs is 1. The van der Waals surface area contributed by atoms with Crippen LogP contribution in [0.3, 0.4) is 0 Å². The van der Waals surface area contributed by atoms with Crippen LogP contribution in [0.25, 0.3) is 11.0 Å². The first-order valence-electron chi connectivity index (χ1n) is 9.59. The molecule has 1 aromatic heterocycles. The lowest BCUT2D eigenvalue weighted by Gasteiger charge is -2.33. The molecule has 11 heteroatoms. The Balaban J connectivity index is 1.84. The van der Waals surface area contributed by atoms with Gasteiger partial charge in [-0.1, -0.05) is 11.6 Å². The number of benzene rings is 1. The van der Waals surface area contributed by atoms with Gasteiger partial charge >= 0.3 is 0 Å². The van der Waals surface area contributed by atoms with E-state index >= 15 is 0 Å². The molecule has 2 aromatic rings. The Kier molecular flexibility index (Phi) is 7.17. The zero-order valence-corrected chi connectivity index (χ0v) is 17.5. The van der Waals surface area contributed by atoms with Crippen LogP contribution >= 0.6 is 0 Å². The third kappa shape index (κ3) is 4.74. The third-order valence-electron chi connectivity index (χ3n) is 4.96. The minimum absolute atomic E-state index is 0.111. The standard InChI is InChI=1S/C18H27N5O5S/c1-27-11-8-19-18(24)17-5-3-4-9-23(17)29(25,26)14-6-7-16-15(13-14)20-21-22(16)10-12-28-2/h6-7,13,17H,3-5,8-12H2,1-2H3,(H,19,24)/t17-/m0/s1. The first kappa shape index (κ1) is 21.6. The minimum atomic E-state index is -3.85. The van der Waals surface area contributed by atoms with Crippen LogP contribution in [-0.2, 0) is 30.8 Å². The highest BCUT2D eigenvalue weighted by Crippen LogP contribution is 2.27. The largest absolute Gasteiger partial charge is 0.383 e. The Bertz CT molecular complexity index is 945. The van der Waals surface area contributed by atoms with Crippen molar-refractivity contribution in [2.75, 3.05) is 40.5 Å². The second-order valence-corrected chi connectivity index (χ2v) is 8.76. The van der Waals surface area contributed by atoms with Gasteiger partial charge < -0.3 is 14.8 Å². The Morgan fingerprint density at radius 1 is 1.24 bits per heavy atom. The molecule has 160 valence electrons. The van der Waals surface area contributed by atoms with E-state index in [0.717, 1.165) is 18.4 Å². The number of aromatic nitrogens is 3. The molecule has 1 saturated heterocycles. The van der Waals surface area contributed by atoms with Gasteiger partial charge in [0.1, 0.15) is 11.6 Å². The van der Waals surface area contributed by atoms with Crippen LogP contribution < -0.4 is 5.32 Å². The third-order valence-corrected chi connectivity index (χ3v) is 6.87. The van der Waals surface area contributed by atoms with Gasteiger partial charge in [-0.2, -0.15) is 4.31 Å². The maximum absolute atomic E-state index is 13.3. The number of carbonyl (C=O) groups is 1. The number of nitrogens with zero attached hydrogens (tertiary/aromatic N) is 4. The number of sulfonamides is 1. The molecule has 0 radical (unpaired) electrons. The molecule has 1 N–H and O–H groups in total. The summed E-state index contributed by atoms with van der Waals surface area (Å²) in [5.74, 6) is -0.295. The highest BCUT2D eigenvalue weighted by Gasteiger charge is 2.37. The summed E-state index contributed by atoms with van der Waals surface area (Å²) in [4.78, 5) is 12.7. The van der Waals surface area contributed by atoms with Gasteiger partial charge in [0, 0.05) is 27.3 Å². The van der Waals surface area contributed by atoms with Gasteiger partial charge in [0.25, 0.3) is 0 Å². The summed E-state index contributed by atoms with van der Waals surface area (Å²) in [6.07, 6.45) is 2.02. The van der Waals surface area contributed by atoms with Crippen molar-refractivity contribution in [1.82, 2.24) is 24.6 Å². The number of ether oxygens (including phenoxy) is 2. The quantitative estimate of drug-likeness (QED) is 0.578. The van der Waals surface area contributed by atoms with Crippen LogP contribution in [-0.4, -0.2) is 80.2 Å². The number of rotatable bonds is 9. The van der Waals surface area contributed by atoms with Crippen molar-refractivity contribution < 1.29 is 22.7 Å². The Morgan fingerprint density at radius 2 is 2.03 bits per heavy atom. The van der Waals surface area contributed by atoms with Crippen molar-refractivity contribution >= 4 is 27.0 Å². The highest BCUT2D eigenvalue weighted by atomic mass is 32.2. The van der Waals surface area contributed by atoms with E-state index in [-0.39, 0.29) is 10.8 Å². The molecule has 1 aliphatic rings. The fourth-order valence-corrected chi connectivity index (χ4v) is 5.12. The fourth-order valence-electron chi connectivity index (χ4n) is 3.44. The molecule has 29 heavy (non-hydrogen) atoms. The molecule has 10 nitrogen and oxygen atoms in total. The molecule has 1 amide bonds. The first-order chi connectivity index (χ1) is 14.0. The number of nitrogens with one attached hydrogen (secondary N) is 1. The number of hydrogen-bond donors (Lipinski definition) is 1. The van der Waals surface area contributed by atoms with E-state index in [0.29, 0.717) is 44.8 Å². The van der Waals surface area contributed by atoms with Crippen molar-refractivity contribution in [1.29, 1.82) is 0 Å². The van der Waals surface area contributed by atoms with E-state index in [9.17, 15) is 13.2 Å². The maximum atomic E-state index is 13.3. The van der Waals surface area contributed by atoms with Crippen LogP contribution in [0.1, 0.15) is 19.3 Å². The molecule has 0 saturated carbocycles. The van der Waals surface area contributed by atoms with Crippen LogP contribution in [0.5, 0.6) is 0 Å². The normalized spacial score (nSPS) is 18.2. The number of carbonyl (C=O) groups excluding carboxylic acids is 1. The average Bonchev–Trinajstić information content (AvgIpc) is 3.14. The van der Waals surface area contributed by atoms with Gasteiger partial charge in [-0.15, -0.1) is 5.10 Å². The van der Waals surface area contributed by atoms with E-state index in [1.165, 1.54) is 10.4 Å². The highest BCUT2D eigenvalue weighted by molar-refractivity contribution is 7.89. The minimum Gasteiger partial charge on any atom is -0.383 e. The lowest BCUT2D eigenvalue weighted by Crippen LogP contribution is -2.52. The second kappa shape index (κ2) is 9.61. The molecular weight excluding hydrogens is 398 g/mol. The zero-order chi connectivity index (χ0) is 20.9. The number of methoxy groups -OCH3 is 2. The SMILES string of the molecule is COCCNC(=O)[C@@H]1CCCCN1S(=O)(=O)c1ccc2c(c1)nnn2CCOC. The van der Waals surface area contributed by atoms with Crippen molar-refractivity contribution in [3.8, 4) is 0 Å². The predicted octanol–water partition coefficient (Wildman–Crippen LogP) is 0.384. The first-order valence-corrected chi connectivity index (χ1v) is 11.0. The van der Waals surface area contributed by atoms with Crippen LogP contribution in [0.15, 0.2) is 23.1 Å². The van der Waals surface area contributed by atoms with Gasteiger partial charge in [-0.25, -0.2) is 13.1 Å². The van der Waals surface area contributed by atoms with Crippen LogP contribution in [0.4, 0.5) is 0 Å². The maximum Gasteiger partial charge on any atom is 0.243 e. The topological polar surface area (TPSA) is 116 Å². The number of amides is 1. The smallest absolute Gasteiger partial charge is 0.243 e. The fraction of sp³-hybridized carbons (Fsp3) is 0.611. The predicted molar refractivity (Wildman–Crippen MR) is 106 cm³/mol.